The summed E-state index contributed by atoms with van der Waals surface area (Å²) >= 11 is 0. The van der Waals surface area contributed by atoms with Crippen LogP contribution in [0.25, 0.3) is 0 Å². The van der Waals surface area contributed by atoms with E-state index in [1.165, 1.54) is 0 Å². The van der Waals surface area contributed by atoms with E-state index in [9.17, 15) is 0 Å². The van der Waals surface area contributed by atoms with Crippen LogP contribution in [0.15, 0.2) is 0 Å². The lowest BCUT2D eigenvalue weighted by atomic mass is 10.2. The topological polar surface area (TPSA) is 21.3 Å². The fourth-order valence-electron chi connectivity index (χ4n) is 1.97. The Hall–Kier alpha value is 0.137. The Morgan fingerprint density at radius 2 is 1.38 bits per heavy atom. The van der Waals surface area contributed by atoms with Crippen LogP contribution in [0.2, 0.25) is 10.1 Å². The van der Waals surface area contributed by atoms with Gasteiger partial charge in [-0.15, -0.1) is 0 Å². The van der Waals surface area contributed by atoms with Gasteiger partial charge in [0.1, 0.15) is 0 Å². The van der Waals surface area contributed by atoms with Gasteiger partial charge in [-0.25, -0.2) is 0 Å². The molecule has 0 heterocycles. The molecule has 0 aromatic heterocycles. The van der Waals surface area contributed by atoms with Crippen molar-refractivity contribution in [2.75, 3.05) is 13.8 Å². The molecule has 0 aliphatic carbocycles. The van der Waals surface area contributed by atoms with E-state index in [1.54, 1.807) is 0 Å². The van der Waals surface area contributed by atoms with Gasteiger partial charge in [-0.3, -0.25) is 5.32 Å². The molecule has 0 saturated carbocycles. The van der Waals surface area contributed by atoms with Crippen LogP contribution in [0.3, 0.4) is 0 Å². The third-order valence-corrected chi connectivity index (χ3v) is 5.61. The molecule has 0 spiro atoms. The fraction of sp³-hybridized carbons (Fsp3) is 1.00. The molecular weight excluding hydrogens is 178 g/mol. The molecule has 3 heteroatoms. The Labute approximate surface area is 84.8 Å². The summed E-state index contributed by atoms with van der Waals surface area (Å²) in [5.74, 6) is 0. The van der Waals surface area contributed by atoms with Crippen LogP contribution in [0.1, 0.15) is 41.5 Å². The number of rotatable bonds is 3. The fourth-order valence-corrected chi connectivity index (χ4v) is 5.90. The van der Waals surface area contributed by atoms with E-state index in [-0.39, 0.29) is 0 Å². The van der Waals surface area contributed by atoms with Crippen molar-refractivity contribution in [2.45, 2.75) is 51.6 Å². The van der Waals surface area contributed by atoms with E-state index in [2.05, 4.69) is 46.9 Å². The lowest BCUT2D eigenvalue weighted by Gasteiger charge is -2.38. The normalized spacial score (nSPS) is 13.8. The van der Waals surface area contributed by atoms with Gasteiger partial charge in [0.15, 0.2) is 9.04 Å². The molecule has 0 aromatic rings. The minimum Gasteiger partial charge on any atom is -0.407 e. The predicted octanol–water partition coefficient (Wildman–Crippen LogP) is 2.50. The molecule has 0 atom stereocenters. The summed E-state index contributed by atoms with van der Waals surface area (Å²) < 4.78 is 5.95. The van der Waals surface area contributed by atoms with Crippen LogP contribution in [0.4, 0.5) is 0 Å². The zero-order valence-electron chi connectivity index (χ0n) is 10.2. The first-order chi connectivity index (χ1) is 5.69. The minimum atomic E-state index is -1.19. The van der Waals surface area contributed by atoms with Crippen LogP contribution >= 0.6 is 0 Å². The van der Waals surface area contributed by atoms with Crippen molar-refractivity contribution in [2.24, 2.45) is 0 Å². The highest BCUT2D eigenvalue weighted by molar-refractivity contribution is 6.58. The highest BCUT2D eigenvalue weighted by atomic mass is 28.3. The molecule has 1 N–H and O–H groups in total. The Balaban J connectivity index is 4.39. The SMILES string of the molecule is CNCO[SiH](C(C)(C)C)C(C)(C)C. The molecule has 0 rings (SSSR count). The molecule has 0 aliphatic heterocycles. The Kier molecular flexibility index (Phi) is 4.62. The summed E-state index contributed by atoms with van der Waals surface area (Å²) in [6.07, 6.45) is 0. The van der Waals surface area contributed by atoms with Crippen molar-refractivity contribution < 1.29 is 4.43 Å². The average Bonchev–Trinajstić information content (AvgIpc) is 1.81. The molecule has 0 amide bonds. The van der Waals surface area contributed by atoms with Gasteiger partial charge in [0.05, 0.1) is 6.73 Å². The van der Waals surface area contributed by atoms with Crippen LogP contribution in [-0.2, 0) is 4.43 Å². The first-order valence-electron chi connectivity index (χ1n) is 4.96. The maximum atomic E-state index is 5.95. The summed E-state index contributed by atoms with van der Waals surface area (Å²) in [5, 5.41) is 3.71. The van der Waals surface area contributed by atoms with E-state index >= 15 is 0 Å². The molecular formula is C10H25NOSi. The summed E-state index contributed by atoms with van der Waals surface area (Å²) in [7, 11) is 0.737. The number of hydrogen-bond donors (Lipinski definition) is 1. The lowest BCUT2D eigenvalue weighted by Crippen LogP contribution is -2.40. The largest absolute Gasteiger partial charge is 0.407 e. The van der Waals surface area contributed by atoms with Gasteiger partial charge in [0.2, 0.25) is 0 Å². The van der Waals surface area contributed by atoms with Gasteiger partial charge in [-0.05, 0) is 17.1 Å². The third kappa shape index (κ3) is 4.79. The average molecular weight is 203 g/mol. The van der Waals surface area contributed by atoms with Crippen molar-refractivity contribution in [3.63, 3.8) is 0 Å². The van der Waals surface area contributed by atoms with Gasteiger partial charge in [-0.2, -0.15) is 0 Å². The Bertz CT molecular complexity index is 132. The molecule has 0 saturated heterocycles. The van der Waals surface area contributed by atoms with Crippen LogP contribution in [-0.4, -0.2) is 22.8 Å². The lowest BCUT2D eigenvalue weighted by molar-refractivity contribution is 0.264. The van der Waals surface area contributed by atoms with Crippen molar-refractivity contribution in [3.8, 4) is 0 Å². The van der Waals surface area contributed by atoms with Gasteiger partial charge < -0.3 is 4.43 Å². The van der Waals surface area contributed by atoms with Gasteiger partial charge in [0, 0.05) is 0 Å². The zero-order chi connectivity index (χ0) is 10.7. The second-order valence-corrected chi connectivity index (χ2v) is 10.3. The second-order valence-electron chi connectivity index (χ2n) is 5.78. The van der Waals surface area contributed by atoms with Crippen molar-refractivity contribution in [1.29, 1.82) is 0 Å². The molecule has 0 bridgehead atoms. The van der Waals surface area contributed by atoms with Gasteiger partial charge >= 0.3 is 0 Å². The summed E-state index contributed by atoms with van der Waals surface area (Å²) in [6, 6.07) is 0. The van der Waals surface area contributed by atoms with E-state index < -0.39 is 9.04 Å². The highest BCUT2D eigenvalue weighted by Crippen LogP contribution is 2.42. The van der Waals surface area contributed by atoms with Crippen molar-refractivity contribution in [1.82, 2.24) is 5.32 Å². The van der Waals surface area contributed by atoms with E-state index in [0.29, 0.717) is 16.8 Å². The van der Waals surface area contributed by atoms with E-state index in [0.717, 1.165) is 0 Å². The van der Waals surface area contributed by atoms with Crippen molar-refractivity contribution in [3.05, 3.63) is 0 Å². The summed E-state index contributed by atoms with van der Waals surface area (Å²) in [4.78, 5) is 0. The molecule has 0 fully saturated rings. The second kappa shape index (κ2) is 4.58. The van der Waals surface area contributed by atoms with E-state index in [1.807, 2.05) is 7.05 Å². The maximum absolute atomic E-state index is 5.95. The van der Waals surface area contributed by atoms with Crippen molar-refractivity contribution >= 4 is 9.04 Å². The highest BCUT2D eigenvalue weighted by Gasteiger charge is 2.37. The van der Waals surface area contributed by atoms with E-state index in [4.69, 9.17) is 4.43 Å². The Morgan fingerprint density at radius 3 is 1.62 bits per heavy atom. The zero-order valence-corrected chi connectivity index (χ0v) is 11.3. The third-order valence-electron chi connectivity index (χ3n) is 1.97. The molecule has 13 heavy (non-hydrogen) atoms. The maximum Gasteiger partial charge on any atom is 0.189 e. The molecule has 0 aliphatic rings. The van der Waals surface area contributed by atoms with Crippen LogP contribution < -0.4 is 5.32 Å². The molecule has 80 valence electrons. The van der Waals surface area contributed by atoms with Crippen LogP contribution in [0, 0.1) is 0 Å². The molecule has 2 nitrogen and oxygen atoms in total. The number of hydrogen-bond acceptors (Lipinski definition) is 2. The van der Waals surface area contributed by atoms with Gasteiger partial charge in [0.25, 0.3) is 0 Å². The molecule has 0 unspecified atom stereocenters. The predicted molar refractivity (Wildman–Crippen MR) is 61.6 cm³/mol. The summed E-state index contributed by atoms with van der Waals surface area (Å²) in [5.41, 5.74) is 0. The molecule has 0 aromatic carbocycles. The smallest absolute Gasteiger partial charge is 0.189 e. The summed E-state index contributed by atoms with van der Waals surface area (Å²) in [6.45, 7) is 14.4. The Morgan fingerprint density at radius 1 is 1.00 bits per heavy atom. The minimum absolute atomic E-state index is 0.328. The first-order valence-corrected chi connectivity index (χ1v) is 6.58. The standard InChI is InChI=1S/C10H25NOSi/c1-9(2,3)13(10(4,5)6)12-8-11-7/h11,13H,8H2,1-7H3. The van der Waals surface area contributed by atoms with Crippen LogP contribution in [0.5, 0.6) is 0 Å². The quantitative estimate of drug-likeness (QED) is 0.562. The molecule has 0 radical (unpaired) electrons. The van der Waals surface area contributed by atoms with Gasteiger partial charge in [-0.1, -0.05) is 41.5 Å². The monoisotopic (exact) mass is 203 g/mol. The number of nitrogens with one attached hydrogen (secondary N) is 1. The first kappa shape index (κ1) is 13.1.